The minimum absolute atomic E-state index is 0.00869. The molecule has 138 valence electrons. The van der Waals surface area contributed by atoms with E-state index in [2.05, 4.69) is 4.72 Å². The Morgan fingerprint density at radius 2 is 1.62 bits per heavy atom. The fourth-order valence-corrected chi connectivity index (χ4v) is 3.41. The first-order chi connectivity index (χ1) is 12.3. The number of nitrogens with one attached hydrogen (secondary N) is 1. The van der Waals surface area contributed by atoms with Crippen LogP contribution in [0.2, 0.25) is 0 Å². The molecule has 1 amide bonds. The summed E-state index contributed by atoms with van der Waals surface area (Å²) in [5, 5.41) is 0. The third kappa shape index (κ3) is 5.50. The Morgan fingerprint density at radius 1 is 1.00 bits per heavy atom. The molecular formula is C19H22N2O4S. The number of Topliss-reactive ketones (excluding diaryl/α,β-unsaturated/α-hetero) is 1. The standard InChI is InChI=1S/C19H22N2O4S/c1-15(22)17-8-10-18(11-9-17)26(24,25)20-13-12-19(23)21(2)14-16-6-4-3-5-7-16/h3-11,20H,12-14H2,1-2H3. The molecule has 6 nitrogen and oxygen atoms in total. The SMILES string of the molecule is CC(=O)c1ccc(S(=O)(=O)NCCC(=O)N(C)Cc2ccccc2)cc1. The Bertz CT molecular complexity index is 862. The van der Waals surface area contributed by atoms with E-state index in [0.717, 1.165) is 5.56 Å². The molecule has 2 aromatic carbocycles. The molecule has 1 N–H and O–H groups in total. The van der Waals surface area contributed by atoms with E-state index in [-0.39, 0.29) is 29.6 Å². The van der Waals surface area contributed by atoms with Gasteiger partial charge in [0.25, 0.3) is 0 Å². The number of ketones is 1. The summed E-state index contributed by atoms with van der Waals surface area (Å²) in [6.07, 6.45) is 0.0636. The quantitative estimate of drug-likeness (QED) is 0.718. The number of hydrogen-bond acceptors (Lipinski definition) is 4. The number of rotatable bonds is 8. The maximum atomic E-state index is 12.2. The summed E-state index contributed by atoms with van der Waals surface area (Å²) in [5.74, 6) is -0.280. The number of amides is 1. The van der Waals surface area contributed by atoms with Crippen LogP contribution < -0.4 is 4.72 Å². The summed E-state index contributed by atoms with van der Waals surface area (Å²) >= 11 is 0. The van der Waals surface area contributed by atoms with E-state index >= 15 is 0 Å². The molecule has 0 heterocycles. The van der Waals surface area contributed by atoms with E-state index in [1.165, 1.54) is 31.2 Å². The maximum absolute atomic E-state index is 12.2. The molecular weight excluding hydrogens is 352 g/mol. The number of carbonyl (C=O) groups is 2. The average molecular weight is 374 g/mol. The molecule has 26 heavy (non-hydrogen) atoms. The minimum atomic E-state index is -3.72. The topological polar surface area (TPSA) is 83.5 Å². The van der Waals surface area contributed by atoms with Gasteiger partial charge in [-0.2, -0.15) is 0 Å². The molecule has 0 saturated carbocycles. The molecule has 0 fully saturated rings. The van der Waals surface area contributed by atoms with Gasteiger partial charge in [-0.15, -0.1) is 0 Å². The highest BCUT2D eigenvalue weighted by Crippen LogP contribution is 2.11. The molecule has 0 unspecified atom stereocenters. The predicted molar refractivity (Wildman–Crippen MR) is 99.2 cm³/mol. The predicted octanol–water partition coefficient (Wildman–Crippen LogP) is 2.22. The van der Waals surface area contributed by atoms with E-state index in [9.17, 15) is 18.0 Å². The van der Waals surface area contributed by atoms with Crippen LogP contribution in [0, 0.1) is 0 Å². The van der Waals surface area contributed by atoms with Crippen molar-refractivity contribution in [2.24, 2.45) is 0 Å². The van der Waals surface area contributed by atoms with Crippen LogP contribution in [0.5, 0.6) is 0 Å². The minimum Gasteiger partial charge on any atom is -0.341 e. The Hall–Kier alpha value is -2.51. The fraction of sp³-hybridized carbons (Fsp3) is 0.263. The third-order valence-corrected chi connectivity index (χ3v) is 5.37. The van der Waals surface area contributed by atoms with Crippen molar-refractivity contribution >= 4 is 21.7 Å². The normalized spacial score (nSPS) is 11.2. The zero-order valence-electron chi connectivity index (χ0n) is 14.8. The van der Waals surface area contributed by atoms with Crippen molar-refractivity contribution in [1.82, 2.24) is 9.62 Å². The van der Waals surface area contributed by atoms with Gasteiger partial charge < -0.3 is 4.90 Å². The molecule has 2 rings (SSSR count). The highest BCUT2D eigenvalue weighted by molar-refractivity contribution is 7.89. The first-order valence-electron chi connectivity index (χ1n) is 8.18. The number of nitrogens with zero attached hydrogens (tertiary/aromatic N) is 1. The Morgan fingerprint density at radius 3 is 2.19 bits per heavy atom. The van der Waals surface area contributed by atoms with E-state index in [1.54, 1.807) is 11.9 Å². The molecule has 0 aliphatic carbocycles. The third-order valence-electron chi connectivity index (χ3n) is 3.89. The second-order valence-electron chi connectivity index (χ2n) is 5.96. The van der Waals surface area contributed by atoms with Crippen molar-refractivity contribution in [3.8, 4) is 0 Å². The molecule has 0 saturated heterocycles. The van der Waals surface area contributed by atoms with Crippen LogP contribution in [0.3, 0.4) is 0 Å². The number of hydrogen-bond donors (Lipinski definition) is 1. The average Bonchev–Trinajstić information content (AvgIpc) is 2.62. The summed E-state index contributed by atoms with van der Waals surface area (Å²) < 4.78 is 26.9. The van der Waals surface area contributed by atoms with E-state index in [1.807, 2.05) is 30.3 Å². The van der Waals surface area contributed by atoms with E-state index in [4.69, 9.17) is 0 Å². The summed E-state index contributed by atoms with van der Waals surface area (Å²) in [6.45, 7) is 1.90. The summed E-state index contributed by atoms with van der Waals surface area (Å²) in [6, 6.07) is 15.3. The Balaban J connectivity index is 1.87. The summed E-state index contributed by atoms with van der Waals surface area (Å²) in [7, 11) is -2.03. The van der Waals surface area contributed by atoms with E-state index < -0.39 is 10.0 Å². The van der Waals surface area contributed by atoms with Crippen LogP contribution in [0.4, 0.5) is 0 Å². The van der Waals surface area contributed by atoms with Gasteiger partial charge in [0.15, 0.2) is 5.78 Å². The van der Waals surface area contributed by atoms with Crippen molar-refractivity contribution in [2.45, 2.75) is 24.8 Å². The Kier molecular flexibility index (Phi) is 6.65. The van der Waals surface area contributed by atoms with Crippen molar-refractivity contribution < 1.29 is 18.0 Å². The Labute approximate surface area is 153 Å². The molecule has 0 aromatic heterocycles. The molecule has 0 aliphatic heterocycles. The molecule has 7 heteroatoms. The monoisotopic (exact) mass is 374 g/mol. The zero-order chi connectivity index (χ0) is 19.2. The maximum Gasteiger partial charge on any atom is 0.240 e. The van der Waals surface area contributed by atoms with Crippen LogP contribution >= 0.6 is 0 Å². The van der Waals surface area contributed by atoms with E-state index in [0.29, 0.717) is 12.1 Å². The van der Waals surface area contributed by atoms with Crippen molar-refractivity contribution in [3.05, 3.63) is 65.7 Å². The molecule has 0 radical (unpaired) electrons. The fourth-order valence-electron chi connectivity index (χ4n) is 2.38. The number of carbonyl (C=O) groups excluding carboxylic acids is 2. The lowest BCUT2D eigenvalue weighted by Gasteiger charge is -2.17. The molecule has 2 aromatic rings. The van der Waals surface area contributed by atoms with Gasteiger partial charge in [0.1, 0.15) is 0 Å². The molecule has 0 bridgehead atoms. The number of sulfonamides is 1. The second-order valence-corrected chi connectivity index (χ2v) is 7.73. The lowest BCUT2D eigenvalue weighted by Crippen LogP contribution is -2.31. The summed E-state index contributed by atoms with van der Waals surface area (Å²) in [4.78, 5) is 25.0. The molecule has 0 atom stereocenters. The van der Waals surface area contributed by atoms with Gasteiger partial charge in [0.2, 0.25) is 15.9 Å². The van der Waals surface area contributed by atoms with Gasteiger partial charge in [-0.3, -0.25) is 9.59 Å². The highest BCUT2D eigenvalue weighted by atomic mass is 32.2. The lowest BCUT2D eigenvalue weighted by atomic mass is 10.2. The van der Waals surface area contributed by atoms with Crippen LogP contribution in [-0.2, 0) is 21.4 Å². The lowest BCUT2D eigenvalue weighted by molar-refractivity contribution is -0.130. The van der Waals surface area contributed by atoms with Crippen LogP contribution in [0.1, 0.15) is 29.3 Å². The van der Waals surface area contributed by atoms with Crippen molar-refractivity contribution in [2.75, 3.05) is 13.6 Å². The van der Waals surface area contributed by atoms with Gasteiger partial charge >= 0.3 is 0 Å². The molecule has 0 aliphatic rings. The summed E-state index contributed by atoms with van der Waals surface area (Å²) in [5.41, 5.74) is 1.45. The largest absolute Gasteiger partial charge is 0.341 e. The van der Waals surface area contributed by atoms with Gasteiger partial charge in [0, 0.05) is 32.1 Å². The van der Waals surface area contributed by atoms with Crippen molar-refractivity contribution in [1.29, 1.82) is 0 Å². The zero-order valence-corrected chi connectivity index (χ0v) is 15.6. The van der Waals surface area contributed by atoms with Crippen molar-refractivity contribution in [3.63, 3.8) is 0 Å². The highest BCUT2D eigenvalue weighted by Gasteiger charge is 2.16. The number of benzene rings is 2. The van der Waals surface area contributed by atoms with Crippen LogP contribution in [-0.4, -0.2) is 38.6 Å². The van der Waals surface area contributed by atoms with Crippen LogP contribution in [0.15, 0.2) is 59.5 Å². The van der Waals surface area contributed by atoms with Gasteiger partial charge in [-0.05, 0) is 24.6 Å². The van der Waals surface area contributed by atoms with Gasteiger partial charge in [-0.25, -0.2) is 13.1 Å². The molecule has 0 spiro atoms. The first kappa shape index (κ1) is 19.8. The first-order valence-corrected chi connectivity index (χ1v) is 9.66. The second kappa shape index (κ2) is 8.73. The van der Waals surface area contributed by atoms with Crippen LogP contribution in [0.25, 0.3) is 0 Å². The van der Waals surface area contributed by atoms with Gasteiger partial charge in [0.05, 0.1) is 4.90 Å². The van der Waals surface area contributed by atoms with Gasteiger partial charge in [-0.1, -0.05) is 42.5 Å². The smallest absolute Gasteiger partial charge is 0.240 e.